The van der Waals surface area contributed by atoms with Gasteiger partial charge in [-0.25, -0.2) is 0 Å². The molecule has 1 atom stereocenters. The average molecular weight is 321 g/mol. The number of morpholine rings is 1. The van der Waals surface area contributed by atoms with Crippen LogP contribution < -0.4 is 0 Å². The molecule has 0 radical (unpaired) electrons. The van der Waals surface area contributed by atoms with Crippen LogP contribution in [0.1, 0.15) is 23.4 Å². The van der Waals surface area contributed by atoms with Gasteiger partial charge in [0.25, 0.3) is 0 Å². The summed E-state index contributed by atoms with van der Waals surface area (Å²) in [6, 6.07) is 0. The summed E-state index contributed by atoms with van der Waals surface area (Å²) in [7, 11) is 0. The third-order valence-corrected chi connectivity index (χ3v) is 4.98. The molecule has 2 fully saturated rings. The molecule has 1 unspecified atom stereocenters. The Balaban J connectivity index is 1.45. The molecule has 0 spiro atoms. The number of carbonyl (C=O) groups is 1. The number of rotatable bonds is 3. The number of hydrogen-bond acceptors (Lipinski definition) is 6. The molecular formula is C16H23N3O4. The van der Waals surface area contributed by atoms with Gasteiger partial charge in [-0.2, -0.15) is 0 Å². The van der Waals surface area contributed by atoms with Crippen LogP contribution >= 0.6 is 0 Å². The van der Waals surface area contributed by atoms with E-state index >= 15 is 0 Å². The summed E-state index contributed by atoms with van der Waals surface area (Å²) in [6.45, 7) is 6.75. The van der Waals surface area contributed by atoms with Crippen molar-refractivity contribution in [2.24, 2.45) is 5.92 Å². The van der Waals surface area contributed by atoms with Gasteiger partial charge in [0.15, 0.2) is 0 Å². The van der Waals surface area contributed by atoms with Crippen LogP contribution in [0, 0.1) is 5.92 Å². The second kappa shape index (κ2) is 6.59. The minimum atomic E-state index is 0.0269. The lowest BCUT2D eigenvalue weighted by Gasteiger charge is -2.29. The number of ether oxygens (including phenoxy) is 2. The van der Waals surface area contributed by atoms with Crippen LogP contribution in [0.25, 0.3) is 0 Å². The van der Waals surface area contributed by atoms with Crippen molar-refractivity contribution in [2.75, 3.05) is 46.1 Å². The van der Waals surface area contributed by atoms with Gasteiger partial charge in [0.1, 0.15) is 11.5 Å². The van der Waals surface area contributed by atoms with Crippen LogP contribution in [0.15, 0.2) is 4.52 Å². The van der Waals surface area contributed by atoms with Gasteiger partial charge in [0, 0.05) is 44.8 Å². The normalized spacial score (nSPS) is 25.6. The van der Waals surface area contributed by atoms with Crippen molar-refractivity contribution in [1.29, 1.82) is 0 Å². The molecule has 1 amide bonds. The molecule has 126 valence electrons. The Labute approximate surface area is 135 Å². The van der Waals surface area contributed by atoms with Gasteiger partial charge in [-0.3, -0.25) is 9.69 Å². The van der Waals surface area contributed by atoms with Crippen LogP contribution in [0.2, 0.25) is 0 Å². The first-order valence-electron chi connectivity index (χ1n) is 8.44. The van der Waals surface area contributed by atoms with E-state index in [1.165, 1.54) is 0 Å². The smallest absolute Gasteiger partial charge is 0.228 e. The molecule has 1 aromatic rings. The molecule has 23 heavy (non-hydrogen) atoms. The molecule has 4 heterocycles. The first-order valence-corrected chi connectivity index (χ1v) is 8.44. The quantitative estimate of drug-likeness (QED) is 0.804. The van der Waals surface area contributed by atoms with Gasteiger partial charge in [-0.05, 0) is 6.42 Å². The monoisotopic (exact) mass is 321 g/mol. The van der Waals surface area contributed by atoms with E-state index in [1.54, 1.807) is 0 Å². The fraction of sp³-hybridized carbons (Fsp3) is 0.750. The molecule has 4 rings (SSSR count). The van der Waals surface area contributed by atoms with Gasteiger partial charge in [0.2, 0.25) is 5.91 Å². The molecule has 0 saturated carbocycles. The highest BCUT2D eigenvalue weighted by Crippen LogP contribution is 2.26. The zero-order chi connectivity index (χ0) is 15.6. The number of amides is 1. The molecule has 0 aliphatic carbocycles. The maximum atomic E-state index is 12.6. The lowest BCUT2D eigenvalue weighted by Crippen LogP contribution is -2.40. The third-order valence-electron chi connectivity index (χ3n) is 4.98. The number of hydrogen-bond donors (Lipinski definition) is 0. The molecule has 7 nitrogen and oxygen atoms in total. The zero-order valence-corrected chi connectivity index (χ0v) is 13.3. The molecular weight excluding hydrogens is 298 g/mol. The van der Waals surface area contributed by atoms with Crippen LogP contribution in [0.4, 0.5) is 0 Å². The highest BCUT2D eigenvalue weighted by molar-refractivity contribution is 5.79. The maximum absolute atomic E-state index is 12.6. The van der Waals surface area contributed by atoms with Gasteiger partial charge in [0.05, 0.1) is 32.3 Å². The van der Waals surface area contributed by atoms with Gasteiger partial charge >= 0.3 is 0 Å². The molecule has 0 N–H and O–H groups in total. The zero-order valence-electron chi connectivity index (χ0n) is 13.3. The van der Waals surface area contributed by atoms with Gasteiger partial charge < -0.3 is 18.9 Å². The molecule has 2 saturated heterocycles. The van der Waals surface area contributed by atoms with Crippen LogP contribution in [-0.4, -0.2) is 66.9 Å². The summed E-state index contributed by atoms with van der Waals surface area (Å²) in [5, 5.41) is 4.26. The summed E-state index contributed by atoms with van der Waals surface area (Å²) in [6.07, 6.45) is 1.59. The minimum absolute atomic E-state index is 0.0269. The second-order valence-corrected chi connectivity index (χ2v) is 6.49. The van der Waals surface area contributed by atoms with E-state index in [2.05, 4.69) is 10.1 Å². The molecule has 7 heteroatoms. The maximum Gasteiger partial charge on any atom is 0.228 e. The van der Waals surface area contributed by atoms with Crippen molar-refractivity contribution in [3.05, 3.63) is 17.0 Å². The van der Waals surface area contributed by atoms with Crippen molar-refractivity contribution in [2.45, 2.75) is 25.9 Å². The van der Waals surface area contributed by atoms with Crippen LogP contribution in [0.3, 0.4) is 0 Å². The molecule has 1 aromatic heterocycles. The Bertz CT molecular complexity index is 562. The van der Waals surface area contributed by atoms with Crippen LogP contribution in [0.5, 0.6) is 0 Å². The summed E-state index contributed by atoms with van der Waals surface area (Å²) < 4.78 is 16.2. The van der Waals surface area contributed by atoms with Crippen LogP contribution in [-0.2, 0) is 33.8 Å². The summed E-state index contributed by atoms with van der Waals surface area (Å²) in [5.41, 5.74) is 2.08. The van der Waals surface area contributed by atoms with E-state index in [-0.39, 0.29) is 11.8 Å². The van der Waals surface area contributed by atoms with E-state index in [0.29, 0.717) is 26.3 Å². The standard InChI is InChI=1S/C16H23N3O4/c20-16(12-2-6-22-11-12)19-3-1-15-13(9-19)14(17-23-15)10-18-4-7-21-8-5-18/h12H,1-11H2. The average Bonchev–Trinajstić information content (AvgIpc) is 3.25. The minimum Gasteiger partial charge on any atom is -0.381 e. The Hall–Kier alpha value is -1.44. The number of fused-ring (bicyclic) bond motifs is 1. The van der Waals surface area contributed by atoms with E-state index in [4.69, 9.17) is 14.0 Å². The number of nitrogens with zero attached hydrogens (tertiary/aromatic N) is 3. The molecule has 3 aliphatic rings. The summed E-state index contributed by atoms with van der Waals surface area (Å²) in [5.74, 6) is 1.19. The summed E-state index contributed by atoms with van der Waals surface area (Å²) >= 11 is 0. The topological polar surface area (TPSA) is 68.0 Å². The largest absolute Gasteiger partial charge is 0.381 e. The lowest BCUT2D eigenvalue weighted by atomic mass is 10.0. The Kier molecular flexibility index (Phi) is 4.33. The Morgan fingerprint density at radius 2 is 2.04 bits per heavy atom. The predicted octanol–water partition coefficient (Wildman–Crippen LogP) is 0.428. The van der Waals surface area contributed by atoms with E-state index < -0.39 is 0 Å². The van der Waals surface area contributed by atoms with Gasteiger partial charge in [-0.1, -0.05) is 5.16 Å². The predicted molar refractivity (Wildman–Crippen MR) is 80.6 cm³/mol. The first kappa shape index (κ1) is 15.1. The highest BCUT2D eigenvalue weighted by Gasteiger charge is 2.32. The lowest BCUT2D eigenvalue weighted by molar-refractivity contribution is -0.136. The fourth-order valence-corrected chi connectivity index (χ4v) is 3.53. The molecule has 3 aliphatic heterocycles. The van der Waals surface area contributed by atoms with Crippen molar-refractivity contribution >= 4 is 5.91 Å². The van der Waals surface area contributed by atoms with E-state index in [0.717, 1.165) is 62.7 Å². The van der Waals surface area contributed by atoms with E-state index in [1.807, 2.05) is 4.90 Å². The number of carbonyl (C=O) groups excluding carboxylic acids is 1. The van der Waals surface area contributed by atoms with Crippen molar-refractivity contribution < 1.29 is 18.8 Å². The summed E-state index contributed by atoms with van der Waals surface area (Å²) in [4.78, 5) is 16.9. The Morgan fingerprint density at radius 3 is 2.83 bits per heavy atom. The van der Waals surface area contributed by atoms with E-state index in [9.17, 15) is 4.79 Å². The Morgan fingerprint density at radius 1 is 1.17 bits per heavy atom. The third kappa shape index (κ3) is 3.13. The van der Waals surface area contributed by atoms with Crippen molar-refractivity contribution in [3.8, 4) is 0 Å². The first-order chi connectivity index (χ1) is 11.3. The van der Waals surface area contributed by atoms with Gasteiger partial charge in [-0.15, -0.1) is 0 Å². The molecule has 0 bridgehead atoms. The van der Waals surface area contributed by atoms with Crippen molar-refractivity contribution in [1.82, 2.24) is 15.0 Å². The highest BCUT2D eigenvalue weighted by atomic mass is 16.5. The SMILES string of the molecule is O=C(C1CCOC1)N1CCc2onc(CN3CCOCC3)c2C1. The second-order valence-electron chi connectivity index (χ2n) is 6.49. The number of aromatic nitrogens is 1. The fourth-order valence-electron chi connectivity index (χ4n) is 3.53. The molecule has 0 aromatic carbocycles. The van der Waals surface area contributed by atoms with Crippen molar-refractivity contribution in [3.63, 3.8) is 0 Å².